The van der Waals surface area contributed by atoms with E-state index in [1.54, 1.807) is 36.7 Å². The number of carbonyl (C=O) groups is 1. The van der Waals surface area contributed by atoms with E-state index in [0.29, 0.717) is 21.4 Å². The number of aromatic nitrogens is 1. The average molecular weight is 371 g/mol. The van der Waals surface area contributed by atoms with E-state index in [-0.39, 0.29) is 5.91 Å². The van der Waals surface area contributed by atoms with Crippen LogP contribution in [0.5, 0.6) is 0 Å². The molecule has 1 amide bonds. The normalized spacial score (nSPS) is 10.1. The van der Waals surface area contributed by atoms with Gasteiger partial charge in [-0.2, -0.15) is 0 Å². The number of pyridine rings is 1. The highest BCUT2D eigenvalue weighted by Crippen LogP contribution is 2.26. The lowest BCUT2D eigenvalue weighted by molar-refractivity contribution is 0.102. The van der Waals surface area contributed by atoms with Crippen LogP contribution in [0.2, 0.25) is 0 Å². The number of halogens is 2. The molecule has 3 N–H and O–H groups in total. The predicted molar refractivity (Wildman–Crippen MR) is 78.4 cm³/mol. The van der Waals surface area contributed by atoms with Crippen LogP contribution in [0, 0.1) is 0 Å². The lowest BCUT2D eigenvalue weighted by Gasteiger charge is -2.09. The van der Waals surface area contributed by atoms with Crippen molar-refractivity contribution in [2.75, 3.05) is 11.1 Å². The number of anilines is 2. The van der Waals surface area contributed by atoms with Crippen LogP contribution >= 0.6 is 31.9 Å². The molecule has 0 saturated heterocycles. The van der Waals surface area contributed by atoms with Crippen LogP contribution in [0.25, 0.3) is 0 Å². The van der Waals surface area contributed by atoms with Gasteiger partial charge in [0.15, 0.2) is 0 Å². The third-order valence-corrected chi connectivity index (χ3v) is 3.81. The summed E-state index contributed by atoms with van der Waals surface area (Å²) in [5, 5.41) is 2.78. The Hall–Kier alpha value is -1.40. The Morgan fingerprint density at radius 3 is 2.78 bits per heavy atom. The second-order valence-electron chi connectivity index (χ2n) is 3.52. The molecule has 2 rings (SSSR count). The molecule has 0 radical (unpaired) electrons. The summed E-state index contributed by atoms with van der Waals surface area (Å²) < 4.78 is 1.31. The number of benzene rings is 1. The van der Waals surface area contributed by atoms with Gasteiger partial charge in [0, 0.05) is 18.1 Å². The minimum Gasteiger partial charge on any atom is -0.398 e. The van der Waals surface area contributed by atoms with Crippen LogP contribution in [0.4, 0.5) is 11.4 Å². The van der Waals surface area contributed by atoms with Crippen molar-refractivity contribution in [2.45, 2.75) is 0 Å². The average Bonchev–Trinajstić information content (AvgIpc) is 2.35. The van der Waals surface area contributed by atoms with Crippen LogP contribution in [-0.2, 0) is 0 Å². The van der Waals surface area contributed by atoms with Gasteiger partial charge in [-0.1, -0.05) is 6.07 Å². The molecule has 1 aromatic carbocycles. The molecule has 0 aliphatic rings. The molecule has 0 bridgehead atoms. The Morgan fingerprint density at radius 2 is 2.06 bits per heavy atom. The number of nitrogens with zero attached hydrogens (tertiary/aromatic N) is 1. The minimum atomic E-state index is -0.235. The molecule has 0 aliphatic carbocycles. The summed E-state index contributed by atoms with van der Waals surface area (Å²) in [5.41, 5.74) is 7.40. The molecule has 0 fully saturated rings. The molecule has 0 spiro atoms. The number of nitrogens with one attached hydrogen (secondary N) is 1. The van der Waals surface area contributed by atoms with Crippen molar-refractivity contribution in [3.63, 3.8) is 0 Å². The van der Waals surface area contributed by atoms with Gasteiger partial charge in [0.2, 0.25) is 0 Å². The topological polar surface area (TPSA) is 68.0 Å². The fraction of sp³-hybridized carbons (Fsp3) is 0. The van der Waals surface area contributed by atoms with E-state index in [9.17, 15) is 4.79 Å². The van der Waals surface area contributed by atoms with Gasteiger partial charge >= 0.3 is 0 Å². The molecule has 4 nitrogen and oxygen atoms in total. The summed E-state index contributed by atoms with van der Waals surface area (Å²) in [5.74, 6) is -0.235. The zero-order chi connectivity index (χ0) is 13.1. The Kier molecular flexibility index (Phi) is 3.98. The van der Waals surface area contributed by atoms with E-state index in [0.717, 1.165) is 4.47 Å². The number of rotatable bonds is 2. The van der Waals surface area contributed by atoms with Gasteiger partial charge in [-0.05, 0) is 50.1 Å². The molecule has 0 saturated carbocycles. The van der Waals surface area contributed by atoms with Crippen LogP contribution < -0.4 is 11.1 Å². The van der Waals surface area contributed by atoms with Crippen LogP contribution in [0.3, 0.4) is 0 Å². The molecule has 0 atom stereocenters. The zero-order valence-electron chi connectivity index (χ0n) is 9.15. The van der Waals surface area contributed by atoms with Crippen molar-refractivity contribution < 1.29 is 4.79 Å². The van der Waals surface area contributed by atoms with Crippen LogP contribution in [0.1, 0.15) is 10.4 Å². The van der Waals surface area contributed by atoms with Gasteiger partial charge in [0.1, 0.15) is 0 Å². The fourth-order valence-electron chi connectivity index (χ4n) is 1.39. The van der Waals surface area contributed by atoms with E-state index in [2.05, 4.69) is 42.2 Å². The molecule has 1 heterocycles. The second kappa shape index (κ2) is 5.49. The monoisotopic (exact) mass is 369 g/mol. The van der Waals surface area contributed by atoms with Gasteiger partial charge in [-0.15, -0.1) is 0 Å². The largest absolute Gasteiger partial charge is 0.398 e. The van der Waals surface area contributed by atoms with Gasteiger partial charge in [0.05, 0.1) is 20.2 Å². The number of hydrogen-bond acceptors (Lipinski definition) is 3. The molecule has 18 heavy (non-hydrogen) atoms. The highest BCUT2D eigenvalue weighted by atomic mass is 79.9. The molecule has 2 aromatic rings. The molecule has 1 aromatic heterocycles. The predicted octanol–water partition coefficient (Wildman–Crippen LogP) is 3.44. The molecular formula is C12H9Br2N3O. The van der Waals surface area contributed by atoms with Crippen molar-refractivity contribution >= 4 is 49.1 Å². The molecular weight excluding hydrogens is 362 g/mol. The number of carbonyl (C=O) groups excluding carboxylic acids is 1. The minimum absolute atomic E-state index is 0.235. The Morgan fingerprint density at radius 1 is 1.28 bits per heavy atom. The first-order valence-corrected chi connectivity index (χ1v) is 6.63. The smallest absolute Gasteiger partial charge is 0.256 e. The Labute approximate surface area is 121 Å². The Bertz CT molecular complexity index is 602. The maximum absolute atomic E-state index is 12.1. The zero-order valence-corrected chi connectivity index (χ0v) is 12.3. The molecule has 0 unspecified atom stereocenters. The lowest BCUT2D eigenvalue weighted by atomic mass is 10.2. The number of amides is 1. The number of nitrogen functional groups attached to an aromatic ring is 1. The van der Waals surface area contributed by atoms with Crippen molar-refractivity contribution in [1.82, 2.24) is 4.98 Å². The van der Waals surface area contributed by atoms with E-state index in [1.165, 1.54) is 0 Å². The maximum Gasteiger partial charge on any atom is 0.256 e. The summed E-state index contributed by atoms with van der Waals surface area (Å²) in [6, 6.07) is 6.87. The molecule has 6 heteroatoms. The first-order valence-electron chi connectivity index (χ1n) is 5.04. The third kappa shape index (κ3) is 2.70. The van der Waals surface area contributed by atoms with Crippen molar-refractivity contribution in [3.05, 3.63) is 51.2 Å². The van der Waals surface area contributed by atoms with E-state index < -0.39 is 0 Å². The van der Waals surface area contributed by atoms with Crippen molar-refractivity contribution in [3.8, 4) is 0 Å². The summed E-state index contributed by atoms with van der Waals surface area (Å²) in [6.07, 6.45) is 3.22. The van der Waals surface area contributed by atoms with Crippen molar-refractivity contribution in [1.29, 1.82) is 0 Å². The van der Waals surface area contributed by atoms with Gasteiger partial charge in [0.25, 0.3) is 5.91 Å². The van der Waals surface area contributed by atoms with Gasteiger partial charge < -0.3 is 11.1 Å². The van der Waals surface area contributed by atoms with Crippen LogP contribution in [0.15, 0.2) is 45.6 Å². The fourth-order valence-corrected chi connectivity index (χ4v) is 2.19. The summed E-state index contributed by atoms with van der Waals surface area (Å²) >= 11 is 6.62. The van der Waals surface area contributed by atoms with Gasteiger partial charge in [-0.3, -0.25) is 9.78 Å². The second-order valence-corrected chi connectivity index (χ2v) is 5.17. The first kappa shape index (κ1) is 13.0. The standard InChI is InChI=1S/C12H9Br2N3O/c13-8-6-16-5-4-10(8)17-12(18)7-2-1-3-9(15)11(7)14/h1-6H,15H2,(H,16,17,18). The van der Waals surface area contributed by atoms with Crippen LogP contribution in [-0.4, -0.2) is 10.9 Å². The molecule has 0 aliphatic heterocycles. The summed E-state index contributed by atoms with van der Waals surface area (Å²) in [4.78, 5) is 16.0. The number of hydrogen-bond donors (Lipinski definition) is 2. The number of nitrogens with two attached hydrogens (primary N) is 1. The van der Waals surface area contributed by atoms with Crippen molar-refractivity contribution in [2.24, 2.45) is 0 Å². The highest BCUT2D eigenvalue weighted by molar-refractivity contribution is 9.11. The lowest BCUT2D eigenvalue weighted by Crippen LogP contribution is -2.13. The Balaban J connectivity index is 2.28. The first-order chi connectivity index (χ1) is 8.59. The molecule has 92 valence electrons. The highest BCUT2D eigenvalue weighted by Gasteiger charge is 2.12. The van der Waals surface area contributed by atoms with E-state index >= 15 is 0 Å². The van der Waals surface area contributed by atoms with E-state index in [1.807, 2.05) is 0 Å². The third-order valence-electron chi connectivity index (χ3n) is 2.29. The quantitative estimate of drug-likeness (QED) is 0.795. The SMILES string of the molecule is Nc1cccc(C(=O)Nc2ccncc2Br)c1Br. The van der Waals surface area contributed by atoms with Gasteiger partial charge in [-0.25, -0.2) is 0 Å². The maximum atomic E-state index is 12.1. The van der Waals surface area contributed by atoms with E-state index in [4.69, 9.17) is 5.73 Å². The summed E-state index contributed by atoms with van der Waals surface area (Å²) in [7, 11) is 0. The summed E-state index contributed by atoms with van der Waals surface area (Å²) in [6.45, 7) is 0.